The minimum Gasteiger partial charge on any atom is -0.348 e. The maximum absolute atomic E-state index is 12.2. The van der Waals surface area contributed by atoms with Crippen LogP contribution in [0.1, 0.15) is 18.3 Å². The van der Waals surface area contributed by atoms with Crippen LogP contribution >= 0.6 is 0 Å². The second-order valence-electron chi connectivity index (χ2n) is 5.48. The van der Waals surface area contributed by atoms with Crippen LogP contribution in [0.4, 0.5) is 0 Å². The van der Waals surface area contributed by atoms with Gasteiger partial charge in [0.2, 0.25) is 0 Å². The van der Waals surface area contributed by atoms with Gasteiger partial charge in [-0.1, -0.05) is 30.3 Å². The summed E-state index contributed by atoms with van der Waals surface area (Å²) in [5, 5.41) is 0.589. The maximum Gasteiger partial charge on any atom is 0.259 e. The van der Waals surface area contributed by atoms with Crippen molar-refractivity contribution < 1.29 is 9.47 Å². The molecule has 0 saturated carbocycles. The van der Waals surface area contributed by atoms with Crippen molar-refractivity contribution in [2.75, 3.05) is 13.2 Å². The lowest BCUT2D eigenvalue weighted by atomic mass is 10.1. The van der Waals surface area contributed by atoms with Crippen LogP contribution in [0.25, 0.3) is 22.3 Å². The van der Waals surface area contributed by atoms with Gasteiger partial charge in [0, 0.05) is 11.1 Å². The van der Waals surface area contributed by atoms with E-state index in [4.69, 9.17) is 9.47 Å². The molecule has 0 atom stereocenters. The van der Waals surface area contributed by atoms with E-state index >= 15 is 0 Å². The molecule has 0 unspecified atom stereocenters. The van der Waals surface area contributed by atoms with Crippen molar-refractivity contribution in [2.45, 2.75) is 12.7 Å². The van der Waals surface area contributed by atoms with E-state index in [0.717, 1.165) is 17.5 Å². The Morgan fingerprint density at radius 3 is 2.74 bits per heavy atom. The van der Waals surface area contributed by atoms with E-state index in [1.165, 1.54) is 0 Å². The summed E-state index contributed by atoms with van der Waals surface area (Å²) in [6.07, 6.45) is 0.561. The number of aromatic nitrogens is 2. The van der Waals surface area contributed by atoms with Gasteiger partial charge in [-0.2, -0.15) is 0 Å². The van der Waals surface area contributed by atoms with E-state index in [1.54, 1.807) is 6.07 Å². The first-order valence-electron chi connectivity index (χ1n) is 7.64. The van der Waals surface area contributed by atoms with Crippen LogP contribution < -0.4 is 5.56 Å². The standard InChI is InChI=1S/C18H16N2O3/c21-17-14-7-1-2-8-15(14)19-16(20-17)12-5-3-6-13(11-12)18-22-9-4-10-23-18/h1-3,5-8,11,18H,4,9-10H2,(H,19,20,21). The smallest absolute Gasteiger partial charge is 0.259 e. The molecule has 0 bridgehead atoms. The Hall–Kier alpha value is -2.50. The average molecular weight is 308 g/mol. The molecule has 2 aromatic carbocycles. The Morgan fingerprint density at radius 2 is 1.87 bits per heavy atom. The molecule has 1 fully saturated rings. The molecule has 1 aromatic heterocycles. The van der Waals surface area contributed by atoms with Crippen molar-refractivity contribution in [2.24, 2.45) is 0 Å². The first-order valence-corrected chi connectivity index (χ1v) is 7.64. The van der Waals surface area contributed by atoms with Crippen LogP contribution in [0.5, 0.6) is 0 Å². The Kier molecular flexibility index (Phi) is 3.65. The number of nitrogens with one attached hydrogen (secondary N) is 1. The molecular weight excluding hydrogens is 292 g/mol. The highest BCUT2D eigenvalue weighted by atomic mass is 16.7. The summed E-state index contributed by atoms with van der Waals surface area (Å²) in [5.41, 5.74) is 2.31. The predicted octanol–water partition coefficient (Wildman–Crippen LogP) is 3.03. The molecule has 23 heavy (non-hydrogen) atoms. The molecule has 1 saturated heterocycles. The maximum atomic E-state index is 12.2. The second-order valence-corrected chi connectivity index (χ2v) is 5.48. The Morgan fingerprint density at radius 1 is 1.04 bits per heavy atom. The molecule has 2 heterocycles. The number of hydrogen-bond donors (Lipinski definition) is 1. The van der Waals surface area contributed by atoms with Gasteiger partial charge in [-0.3, -0.25) is 4.79 Å². The lowest BCUT2D eigenvalue weighted by Crippen LogP contribution is -2.17. The normalized spacial score (nSPS) is 15.8. The van der Waals surface area contributed by atoms with Crippen LogP contribution in [-0.4, -0.2) is 23.2 Å². The summed E-state index contributed by atoms with van der Waals surface area (Å²) in [4.78, 5) is 19.6. The van der Waals surface area contributed by atoms with Crippen molar-refractivity contribution in [3.05, 3.63) is 64.4 Å². The molecule has 0 amide bonds. The van der Waals surface area contributed by atoms with Gasteiger partial charge >= 0.3 is 0 Å². The summed E-state index contributed by atoms with van der Waals surface area (Å²) >= 11 is 0. The number of fused-ring (bicyclic) bond motifs is 1. The van der Waals surface area contributed by atoms with E-state index in [2.05, 4.69) is 9.97 Å². The zero-order valence-corrected chi connectivity index (χ0v) is 12.5. The summed E-state index contributed by atoms with van der Waals surface area (Å²) in [7, 11) is 0. The van der Waals surface area contributed by atoms with Gasteiger partial charge in [0.1, 0.15) is 5.82 Å². The SMILES string of the molecule is O=c1[nH]c(-c2cccc(C3OCCCO3)c2)nc2ccccc12. The van der Waals surface area contributed by atoms with Crippen molar-refractivity contribution >= 4 is 10.9 Å². The average Bonchev–Trinajstić information content (AvgIpc) is 2.62. The molecule has 3 aromatic rings. The van der Waals surface area contributed by atoms with Gasteiger partial charge in [0.25, 0.3) is 5.56 Å². The van der Waals surface area contributed by atoms with Crippen molar-refractivity contribution in [1.29, 1.82) is 0 Å². The third-order valence-electron chi connectivity index (χ3n) is 3.87. The lowest BCUT2D eigenvalue weighted by Gasteiger charge is -2.23. The number of ether oxygens (including phenoxy) is 2. The first kappa shape index (κ1) is 14.1. The predicted molar refractivity (Wildman–Crippen MR) is 87.1 cm³/mol. The summed E-state index contributed by atoms with van der Waals surface area (Å²) in [6, 6.07) is 15.1. The number of aromatic amines is 1. The quantitative estimate of drug-likeness (QED) is 0.790. The summed E-state index contributed by atoms with van der Waals surface area (Å²) < 4.78 is 11.3. The molecule has 5 nitrogen and oxygen atoms in total. The molecule has 0 aliphatic carbocycles. The van der Waals surface area contributed by atoms with Gasteiger partial charge in [-0.15, -0.1) is 0 Å². The van der Waals surface area contributed by atoms with Crippen molar-refractivity contribution in [3.63, 3.8) is 0 Å². The molecule has 0 spiro atoms. The Labute approximate surface area is 132 Å². The third-order valence-corrected chi connectivity index (χ3v) is 3.87. The first-order chi connectivity index (χ1) is 11.3. The molecular formula is C18H16N2O3. The van der Waals surface area contributed by atoms with Crippen LogP contribution in [0.3, 0.4) is 0 Å². The number of benzene rings is 2. The fourth-order valence-electron chi connectivity index (χ4n) is 2.74. The van der Waals surface area contributed by atoms with E-state index in [-0.39, 0.29) is 11.8 Å². The van der Waals surface area contributed by atoms with E-state index in [0.29, 0.717) is 29.9 Å². The zero-order valence-electron chi connectivity index (χ0n) is 12.5. The zero-order chi connectivity index (χ0) is 15.6. The van der Waals surface area contributed by atoms with Crippen LogP contribution in [0, 0.1) is 0 Å². The number of para-hydroxylation sites is 1. The highest BCUT2D eigenvalue weighted by Gasteiger charge is 2.17. The third kappa shape index (κ3) is 2.76. The Bertz CT molecular complexity index is 898. The van der Waals surface area contributed by atoms with Crippen LogP contribution in [-0.2, 0) is 9.47 Å². The molecule has 116 valence electrons. The molecule has 0 radical (unpaired) electrons. The molecule has 1 N–H and O–H groups in total. The van der Waals surface area contributed by atoms with Gasteiger partial charge in [0.15, 0.2) is 6.29 Å². The fourth-order valence-corrected chi connectivity index (χ4v) is 2.74. The van der Waals surface area contributed by atoms with Crippen molar-refractivity contribution in [3.8, 4) is 11.4 Å². The minimum atomic E-state index is -0.351. The van der Waals surface area contributed by atoms with Crippen LogP contribution in [0.15, 0.2) is 53.3 Å². The van der Waals surface area contributed by atoms with Gasteiger partial charge in [-0.25, -0.2) is 4.98 Å². The molecule has 5 heteroatoms. The van der Waals surface area contributed by atoms with Gasteiger partial charge in [0.05, 0.1) is 24.1 Å². The fraction of sp³-hybridized carbons (Fsp3) is 0.222. The summed E-state index contributed by atoms with van der Waals surface area (Å²) in [6.45, 7) is 1.39. The summed E-state index contributed by atoms with van der Waals surface area (Å²) in [5.74, 6) is 0.548. The number of rotatable bonds is 2. The van der Waals surface area contributed by atoms with Gasteiger partial charge in [-0.05, 0) is 24.6 Å². The highest BCUT2D eigenvalue weighted by molar-refractivity contribution is 5.79. The van der Waals surface area contributed by atoms with Crippen molar-refractivity contribution in [1.82, 2.24) is 9.97 Å². The van der Waals surface area contributed by atoms with E-state index in [1.807, 2.05) is 42.5 Å². The van der Waals surface area contributed by atoms with E-state index in [9.17, 15) is 4.79 Å². The Balaban J connectivity index is 1.77. The number of hydrogen-bond acceptors (Lipinski definition) is 4. The second kappa shape index (κ2) is 5.95. The van der Waals surface area contributed by atoms with Crippen LogP contribution in [0.2, 0.25) is 0 Å². The molecule has 4 rings (SSSR count). The number of H-pyrrole nitrogens is 1. The lowest BCUT2D eigenvalue weighted by molar-refractivity contribution is -0.183. The molecule has 1 aliphatic heterocycles. The monoisotopic (exact) mass is 308 g/mol. The minimum absolute atomic E-state index is 0.138. The highest BCUT2D eigenvalue weighted by Crippen LogP contribution is 2.26. The number of nitrogens with zero attached hydrogens (tertiary/aromatic N) is 1. The van der Waals surface area contributed by atoms with Gasteiger partial charge < -0.3 is 14.5 Å². The largest absolute Gasteiger partial charge is 0.348 e. The van der Waals surface area contributed by atoms with E-state index < -0.39 is 0 Å². The molecule has 1 aliphatic rings. The topological polar surface area (TPSA) is 64.2 Å².